The summed E-state index contributed by atoms with van der Waals surface area (Å²) in [5.74, 6) is -0.786. The fourth-order valence-electron chi connectivity index (χ4n) is 2.31. The monoisotopic (exact) mass is 430 g/mol. The molecule has 0 spiro atoms. The van der Waals surface area contributed by atoms with E-state index in [0.29, 0.717) is 6.42 Å². The molecule has 1 heterocycles. The van der Waals surface area contributed by atoms with E-state index in [0.717, 1.165) is 5.56 Å². The molecule has 0 aromatic heterocycles. The Morgan fingerprint density at radius 3 is 2.43 bits per heavy atom. The lowest BCUT2D eigenvalue weighted by Gasteiger charge is -2.31. The van der Waals surface area contributed by atoms with Crippen molar-refractivity contribution in [1.29, 1.82) is 0 Å². The summed E-state index contributed by atoms with van der Waals surface area (Å²) in [6.45, 7) is 2.73. The molecule has 1 aromatic carbocycles. The lowest BCUT2D eigenvalue weighted by molar-refractivity contribution is -0.163. The van der Waals surface area contributed by atoms with E-state index in [2.05, 4.69) is 34.7 Å². The van der Waals surface area contributed by atoms with Gasteiger partial charge in [-0.1, -0.05) is 18.2 Å². The van der Waals surface area contributed by atoms with Gasteiger partial charge in [0.25, 0.3) is 0 Å². The summed E-state index contributed by atoms with van der Waals surface area (Å²) in [6.07, 6.45) is 3.20. The Morgan fingerprint density at radius 1 is 1.13 bits per heavy atom. The van der Waals surface area contributed by atoms with Crippen molar-refractivity contribution >= 4 is 34.5 Å². The van der Waals surface area contributed by atoms with Crippen molar-refractivity contribution in [2.24, 2.45) is 0 Å². The van der Waals surface area contributed by atoms with Crippen molar-refractivity contribution in [3.8, 4) is 0 Å². The Bertz CT molecular complexity index is 581. The third-order valence-corrected chi connectivity index (χ3v) is 4.05. The van der Waals surface area contributed by atoms with E-state index < -0.39 is 18.2 Å². The standard InChI is InChI=1S/C17H19IO5/c1-11(19)21-10-17-16(22-12(2)20)8-7-15(23-17)9-13-3-5-14(18)6-4-13/h3-8,15-17H,9-10H2,1-2H3/t15?,16-,17+/m0/s1. The third kappa shape index (κ3) is 5.95. The highest BCUT2D eigenvalue weighted by atomic mass is 127. The molecule has 6 heteroatoms. The Hall–Kier alpha value is -1.41. The topological polar surface area (TPSA) is 61.8 Å². The maximum absolute atomic E-state index is 11.2. The highest BCUT2D eigenvalue weighted by molar-refractivity contribution is 14.1. The maximum Gasteiger partial charge on any atom is 0.303 e. The van der Waals surface area contributed by atoms with Gasteiger partial charge in [-0.2, -0.15) is 0 Å². The molecule has 0 saturated carbocycles. The number of carbonyl (C=O) groups is 2. The molecule has 0 radical (unpaired) electrons. The molecule has 1 aliphatic heterocycles. The highest BCUT2D eigenvalue weighted by Gasteiger charge is 2.30. The summed E-state index contributed by atoms with van der Waals surface area (Å²) in [7, 11) is 0. The van der Waals surface area contributed by atoms with Crippen LogP contribution in [0.2, 0.25) is 0 Å². The van der Waals surface area contributed by atoms with Gasteiger partial charge in [-0.15, -0.1) is 0 Å². The molecule has 1 aromatic rings. The van der Waals surface area contributed by atoms with Crippen LogP contribution in [-0.2, 0) is 30.2 Å². The summed E-state index contributed by atoms with van der Waals surface area (Å²) in [6, 6.07) is 8.19. The van der Waals surface area contributed by atoms with Crippen molar-refractivity contribution in [3.63, 3.8) is 0 Å². The summed E-state index contributed by atoms with van der Waals surface area (Å²) < 4.78 is 17.3. The van der Waals surface area contributed by atoms with Crippen LogP contribution in [0.5, 0.6) is 0 Å². The van der Waals surface area contributed by atoms with Crippen LogP contribution in [0.4, 0.5) is 0 Å². The van der Waals surface area contributed by atoms with E-state index in [1.165, 1.54) is 17.4 Å². The van der Waals surface area contributed by atoms with Crippen molar-refractivity contribution in [2.45, 2.75) is 38.6 Å². The number of hydrogen-bond acceptors (Lipinski definition) is 5. The van der Waals surface area contributed by atoms with E-state index in [-0.39, 0.29) is 18.7 Å². The molecule has 2 rings (SSSR count). The molecule has 5 nitrogen and oxygen atoms in total. The van der Waals surface area contributed by atoms with Crippen LogP contribution < -0.4 is 0 Å². The molecule has 0 fully saturated rings. The molecule has 3 atom stereocenters. The van der Waals surface area contributed by atoms with Gasteiger partial charge in [-0.25, -0.2) is 0 Å². The summed E-state index contributed by atoms with van der Waals surface area (Å²) in [5.41, 5.74) is 1.15. The quantitative estimate of drug-likeness (QED) is 0.409. The fraction of sp³-hybridized carbons (Fsp3) is 0.412. The largest absolute Gasteiger partial charge is 0.463 e. The molecule has 0 bridgehead atoms. The second-order valence-corrected chi connectivity index (χ2v) is 6.55. The van der Waals surface area contributed by atoms with Crippen LogP contribution >= 0.6 is 22.6 Å². The number of rotatable bonds is 5. The Labute approximate surface area is 149 Å². The van der Waals surface area contributed by atoms with Gasteiger partial charge in [0.1, 0.15) is 18.8 Å². The van der Waals surface area contributed by atoms with E-state index in [4.69, 9.17) is 14.2 Å². The predicted molar refractivity (Wildman–Crippen MR) is 92.9 cm³/mol. The van der Waals surface area contributed by atoms with E-state index >= 15 is 0 Å². The predicted octanol–water partition coefficient (Wildman–Crippen LogP) is 2.65. The molecule has 0 saturated heterocycles. The molecule has 1 unspecified atom stereocenters. The van der Waals surface area contributed by atoms with Crippen molar-refractivity contribution in [3.05, 3.63) is 45.6 Å². The average molecular weight is 430 g/mol. The smallest absolute Gasteiger partial charge is 0.303 e. The van der Waals surface area contributed by atoms with E-state index in [1.807, 2.05) is 18.2 Å². The van der Waals surface area contributed by atoms with E-state index in [9.17, 15) is 9.59 Å². The first-order valence-corrected chi connectivity index (χ1v) is 8.40. The minimum atomic E-state index is -0.542. The molecule has 0 amide bonds. The fourth-order valence-corrected chi connectivity index (χ4v) is 2.67. The summed E-state index contributed by atoms with van der Waals surface area (Å²) in [4.78, 5) is 22.2. The number of carbonyl (C=O) groups excluding carboxylic acids is 2. The summed E-state index contributed by atoms with van der Waals surface area (Å²) in [5, 5.41) is 0. The van der Waals surface area contributed by atoms with Gasteiger partial charge in [-0.05, 0) is 46.4 Å². The zero-order valence-corrected chi connectivity index (χ0v) is 15.2. The maximum atomic E-state index is 11.2. The first-order chi connectivity index (χ1) is 10.9. The zero-order chi connectivity index (χ0) is 16.8. The number of esters is 2. The van der Waals surface area contributed by atoms with Crippen molar-refractivity contribution in [1.82, 2.24) is 0 Å². The Morgan fingerprint density at radius 2 is 1.83 bits per heavy atom. The SMILES string of the molecule is CC(=O)OC[C@H]1OC(Cc2ccc(I)cc2)C=C[C@@H]1OC(C)=O. The van der Waals surface area contributed by atoms with Crippen LogP contribution in [0.15, 0.2) is 36.4 Å². The lowest BCUT2D eigenvalue weighted by atomic mass is 10.0. The van der Waals surface area contributed by atoms with E-state index in [1.54, 1.807) is 6.08 Å². The molecule has 23 heavy (non-hydrogen) atoms. The molecule has 1 aliphatic rings. The second-order valence-electron chi connectivity index (χ2n) is 5.31. The first kappa shape index (κ1) is 17.9. The number of benzene rings is 1. The average Bonchev–Trinajstić information content (AvgIpc) is 2.49. The summed E-state index contributed by atoms with van der Waals surface area (Å²) >= 11 is 2.26. The Kier molecular flexibility index (Phi) is 6.59. The highest BCUT2D eigenvalue weighted by Crippen LogP contribution is 2.20. The van der Waals surface area contributed by atoms with Crippen LogP contribution in [0.1, 0.15) is 19.4 Å². The molecular formula is C17H19IO5. The van der Waals surface area contributed by atoms with Gasteiger partial charge in [0.2, 0.25) is 0 Å². The minimum Gasteiger partial charge on any atom is -0.463 e. The molecule has 0 N–H and O–H groups in total. The number of ether oxygens (including phenoxy) is 3. The number of hydrogen-bond donors (Lipinski definition) is 0. The van der Waals surface area contributed by atoms with Gasteiger partial charge in [-0.3, -0.25) is 9.59 Å². The van der Waals surface area contributed by atoms with Crippen molar-refractivity contribution < 1.29 is 23.8 Å². The molecular weight excluding hydrogens is 411 g/mol. The van der Waals surface area contributed by atoms with Gasteiger partial charge in [0, 0.05) is 23.8 Å². The lowest BCUT2D eigenvalue weighted by Crippen LogP contribution is -2.41. The first-order valence-electron chi connectivity index (χ1n) is 7.33. The van der Waals surface area contributed by atoms with Crippen LogP contribution in [0.25, 0.3) is 0 Å². The zero-order valence-electron chi connectivity index (χ0n) is 13.0. The van der Waals surface area contributed by atoms with Gasteiger partial charge in [0.15, 0.2) is 0 Å². The molecule has 0 aliphatic carbocycles. The van der Waals surface area contributed by atoms with Gasteiger partial charge >= 0.3 is 11.9 Å². The normalized spacial score (nSPS) is 23.3. The number of halogens is 1. The van der Waals surface area contributed by atoms with Gasteiger partial charge in [0.05, 0.1) is 6.10 Å². The van der Waals surface area contributed by atoms with Crippen LogP contribution in [-0.4, -0.2) is 36.9 Å². The third-order valence-electron chi connectivity index (χ3n) is 3.33. The van der Waals surface area contributed by atoms with Crippen molar-refractivity contribution in [2.75, 3.05) is 6.61 Å². The Balaban J connectivity index is 2.03. The van der Waals surface area contributed by atoms with Crippen LogP contribution in [0, 0.1) is 3.57 Å². The second kappa shape index (κ2) is 8.44. The van der Waals surface area contributed by atoms with Gasteiger partial charge < -0.3 is 14.2 Å². The minimum absolute atomic E-state index is 0.0564. The van der Waals surface area contributed by atoms with Crippen LogP contribution in [0.3, 0.4) is 0 Å². The molecule has 124 valence electrons.